The lowest BCUT2D eigenvalue weighted by atomic mass is 10.2. The zero-order valence-electron chi connectivity index (χ0n) is 16.6. The molecule has 6 nitrogen and oxygen atoms in total. The molecule has 4 rings (SSSR count). The highest BCUT2D eigenvalue weighted by molar-refractivity contribution is 9.09. The van der Waals surface area contributed by atoms with Crippen molar-refractivity contribution in [3.8, 4) is 0 Å². The van der Waals surface area contributed by atoms with Crippen LogP contribution in [0.15, 0.2) is 60.7 Å². The standard InChI is InChI=1S/C23H27BrO6/c24-18-11-23(22(26)21(18)25)29-19(14-27-12-16-7-3-1-4-8-16)20(30-23)15-28-13-17-9-5-2-6-10-17/h1-10,18-22,25-26H,11-15H2/t18-,19+,20?,21+,22+,23?/m0/s1. The number of alkyl halides is 1. The lowest BCUT2D eigenvalue weighted by Crippen LogP contribution is -2.44. The Hall–Kier alpha value is -1.32. The Balaban J connectivity index is 1.38. The van der Waals surface area contributed by atoms with Gasteiger partial charge in [-0.1, -0.05) is 76.6 Å². The number of hydrogen-bond acceptors (Lipinski definition) is 6. The Morgan fingerprint density at radius 3 is 1.70 bits per heavy atom. The van der Waals surface area contributed by atoms with E-state index in [-0.39, 0.29) is 4.83 Å². The summed E-state index contributed by atoms with van der Waals surface area (Å²) in [6.07, 6.45) is -2.58. The number of hydrogen-bond donors (Lipinski definition) is 2. The van der Waals surface area contributed by atoms with Crippen LogP contribution in [-0.2, 0) is 32.2 Å². The molecule has 0 amide bonds. The first kappa shape index (κ1) is 21.9. The third-order valence-electron chi connectivity index (χ3n) is 5.53. The molecule has 0 radical (unpaired) electrons. The lowest BCUT2D eigenvalue weighted by Gasteiger charge is -2.27. The highest BCUT2D eigenvalue weighted by atomic mass is 79.9. The molecule has 162 valence electrons. The van der Waals surface area contributed by atoms with Gasteiger partial charge in [0.2, 0.25) is 0 Å². The van der Waals surface area contributed by atoms with Crippen LogP contribution in [0.4, 0.5) is 0 Å². The minimum atomic E-state index is -1.25. The molecule has 2 N–H and O–H groups in total. The van der Waals surface area contributed by atoms with Gasteiger partial charge in [0.05, 0.1) is 32.5 Å². The molecule has 1 aliphatic carbocycles. The van der Waals surface area contributed by atoms with Crippen molar-refractivity contribution in [3.63, 3.8) is 0 Å². The monoisotopic (exact) mass is 478 g/mol. The molecule has 2 fully saturated rings. The summed E-state index contributed by atoms with van der Waals surface area (Å²) in [5.74, 6) is -1.25. The molecule has 6 atom stereocenters. The van der Waals surface area contributed by atoms with Gasteiger partial charge < -0.3 is 29.2 Å². The van der Waals surface area contributed by atoms with Gasteiger partial charge in [0.15, 0.2) is 5.79 Å². The summed E-state index contributed by atoms with van der Waals surface area (Å²) in [6, 6.07) is 19.8. The van der Waals surface area contributed by atoms with Crippen LogP contribution in [0.1, 0.15) is 17.5 Å². The Bertz CT molecular complexity index is 735. The summed E-state index contributed by atoms with van der Waals surface area (Å²) in [7, 11) is 0. The van der Waals surface area contributed by atoms with Crippen molar-refractivity contribution < 1.29 is 29.2 Å². The van der Waals surface area contributed by atoms with Crippen molar-refractivity contribution in [2.24, 2.45) is 0 Å². The molecule has 0 aromatic heterocycles. The maximum absolute atomic E-state index is 10.5. The van der Waals surface area contributed by atoms with E-state index < -0.39 is 30.2 Å². The quantitative estimate of drug-likeness (QED) is 0.568. The van der Waals surface area contributed by atoms with Gasteiger partial charge in [-0.25, -0.2) is 0 Å². The van der Waals surface area contributed by atoms with Crippen LogP contribution in [0.25, 0.3) is 0 Å². The van der Waals surface area contributed by atoms with E-state index in [1.54, 1.807) is 0 Å². The average Bonchev–Trinajstić information content (AvgIpc) is 3.21. The molecule has 30 heavy (non-hydrogen) atoms. The van der Waals surface area contributed by atoms with E-state index in [0.29, 0.717) is 32.8 Å². The zero-order valence-corrected chi connectivity index (χ0v) is 18.2. The maximum Gasteiger partial charge on any atom is 0.199 e. The Kier molecular flexibility index (Phi) is 7.20. The predicted molar refractivity (Wildman–Crippen MR) is 114 cm³/mol. The fourth-order valence-electron chi connectivity index (χ4n) is 3.92. The first-order valence-electron chi connectivity index (χ1n) is 10.2. The molecule has 1 aliphatic heterocycles. The molecule has 2 unspecified atom stereocenters. The minimum absolute atomic E-state index is 0.297. The van der Waals surface area contributed by atoms with Gasteiger partial charge in [-0.3, -0.25) is 0 Å². The summed E-state index contributed by atoms with van der Waals surface area (Å²) in [6.45, 7) is 1.51. The van der Waals surface area contributed by atoms with Gasteiger partial charge in [0.25, 0.3) is 0 Å². The second kappa shape index (κ2) is 9.87. The summed E-state index contributed by atoms with van der Waals surface area (Å²) >= 11 is 3.40. The Morgan fingerprint density at radius 2 is 1.30 bits per heavy atom. The SMILES string of the molecule is O[C@H]1[C@@H](O)C2(C[C@@H]1Br)OC(COCc1ccccc1)[C@@H](COCc1ccccc1)O2. The molecule has 2 aliphatic rings. The van der Waals surface area contributed by atoms with Crippen molar-refractivity contribution in [1.82, 2.24) is 0 Å². The number of rotatable bonds is 8. The van der Waals surface area contributed by atoms with Crippen LogP contribution in [0.5, 0.6) is 0 Å². The Morgan fingerprint density at radius 1 is 0.833 bits per heavy atom. The van der Waals surface area contributed by atoms with E-state index in [1.165, 1.54) is 0 Å². The van der Waals surface area contributed by atoms with Gasteiger partial charge in [0, 0.05) is 11.2 Å². The summed E-state index contributed by atoms with van der Waals surface area (Å²) < 4.78 is 24.0. The van der Waals surface area contributed by atoms with Gasteiger partial charge >= 0.3 is 0 Å². The molecule has 1 heterocycles. The topological polar surface area (TPSA) is 77.4 Å². The molecular weight excluding hydrogens is 452 g/mol. The first-order chi connectivity index (χ1) is 14.6. The number of aliphatic hydroxyl groups excluding tert-OH is 2. The minimum Gasteiger partial charge on any atom is -0.389 e. The van der Waals surface area contributed by atoms with Gasteiger partial charge in [-0.15, -0.1) is 0 Å². The number of aliphatic hydroxyl groups is 2. The van der Waals surface area contributed by atoms with Crippen LogP contribution >= 0.6 is 15.9 Å². The van der Waals surface area contributed by atoms with Crippen LogP contribution in [-0.4, -0.2) is 58.5 Å². The highest BCUT2D eigenvalue weighted by Crippen LogP contribution is 2.45. The number of ether oxygens (including phenoxy) is 4. The molecule has 2 aromatic carbocycles. The van der Waals surface area contributed by atoms with Crippen LogP contribution in [0, 0.1) is 0 Å². The lowest BCUT2D eigenvalue weighted by molar-refractivity contribution is -0.234. The van der Waals surface area contributed by atoms with E-state index in [9.17, 15) is 10.2 Å². The Labute approximate surface area is 184 Å². The maximum atomic E-state index is 10.5. The zero-order chi connectivity index (χ0) is 21.0. The molecule has 7 heteroatoms. The van der Waals surface area contributed by atoms with Crippen LogP contribution in [0.2, 0.25) is 0 Å². The van der Waals surface area contributed by atoms with E-state index in [4.69, 9.17) is 18.9 Å². The van der Waals surface area contributed by atoms with Crippen molar-refractivity contribution in [1.29, 1.82) is 0 Å². The molecule has 2 aromatic rings. The van der Waals surface area contributed by atoms with Crippen molar-refractivity contribution >= 4 is 15.9 Å². The smallest absolute Gasteiger partial charge is 0.199 e. The van der Waals surface area contributed by atoms with E-state index >= 15 is 0 Å². The largest absolute Gasteiger partial charge is 0.389 e. The second-order valence-corrected chi connectivity index (χ2v) is 8.96. The van der Waals surface area contributed by atoms with Crippen molar-refractivity contribution in [2.45, 2.75) is 54.7 Å². The van der Waals surface area contributed by atoms with Gasteiger partial charge in [-0.05, 0) is 11.1 Å². The molecule has 0 bridgehead atoms. The molecular formula is C23H27BrO6. The summed E-state index contributed by atoms with van der Waals surface area (Å²) in [4.78, 5) is -0.303. The number of benzene rings is 2. The van der Waals surface area contributed by atoms with Crippen molar-refractivity contribution in [3.05, 3.63) is 71.8 Å². The fraction of sp³-hybridized carbons (Fsp3) is 0.478. The summed E-state index contributed by atoms with van der Waals surface area (Å²) in [5, 5.41) is 20.7. The molecule has 1 saturated carbocycles. The highest BCUT2D eigenvalue weighted by Gasteiger charge is 2.60. The second-order valence-electron chi connectivity index (χ2n) is 7.78. The molecule has 1 saturated heterocycles. The average molecular weight is 479 g/mol. The van der Waals surface area contributed by atoms with E-state index in [2.05, 4.69) is 15.9 Å². The fourth-order valence-corrected chi connectivity index (χ4v) is 4.66. The van der Waals surface area contributed by atoms with Crippen LogP contribution < -0.4 is 0 Å². The van der Waals surface area contributed by atoms with Crippen molar-refractivity contribution in [2.75, 3.05) is 13.2 Å². The van der Waals surface area contributed by atoms with Gasteiger partial charge in [-0.2, -0.15) is 0 Å². The van der Waals surface area contributed by atoms with Crippen LogP contribution in [0.3, 0.4) is 0 Å². The predicted octanol–water partition coefficient (Wildman–Crippen LogP) is 2.79. The molecule has 1 spiro atoms. The number of halogens is 1. The van der Waals surface area contributed by atoms with Gasteiger partial charge in [0.1, 0.15) is 18.3 Å². The summed E-state index contributed by atoms with van der Waals surface area (Å²) in [5.41, 5.74) is 2.14. The van der Waals surface area contributed by atoms with E-state index in [1.807, 2.05) is 60.7 Å². The third kappa shape index (κ3) is 4.94. The first-order valence-corrected chi connectivity index (χ1v) is 11.1. The van der Waals surface area contributed by atoms with E-state index in [0.717, 1.165) is 11.1 Å². The normalized spacial score (nSPS) is 33.4. The third-order valence-corrected chi connectivity index (χ3v) is 6.39.